The maximum atomic E-state index is 12.4. The molecular formula is C15H15F3N2O2S. The monoisotopic (exact) mass is 344 g/mol. The highest BCUT2D eigenvalue weighted by molar-refractivity contribution is 7.85. The fourth-order valence-corrected chi connectivity index (χ4v) is 2.52. The molecule has 0 aliphatic rings. The number of alkyl halides is 3. The molecule has 1 atom stereocenters. The van der Waals surface area contributed by atoms with Crippen LogP contribution in [0.5, 0.6) is 5.75 Å². The Kier molecular flexibility index (Phi) is 5.25. The topological polar surface area (TPSA) is 51.2 Å². The summed E-state index contributed by atoms with van der Waals surface area (Å²) in [6.07, 6.45) is -0.0677. The lowest BCUT2D eigenvalue weighted by Gasteiger charge is -2.15. The van der Waals surface area contributed by atoms with E-state index in [2.05, 4.69) is 9.71 Å². The van der Waals surface area contributed by atoms with E-state index in [1.165, 1.54) is 24.7 Å². The minimum Gasteiger partial charge on any atom is -0.483 e. The Morgan fingerprint density at radius 3 is 2.61 bits per heavy atom. The summed E-state index contributed by atoms with van der Waals surface area (Å²) in [5.41, 5.74) is 2.63. The van der Waals surface area contributed by atoms with Gasteiger partial charge in [0.2, 0.25) is 0 Å². The van der Waals surface area contributed by atoms with E-state index in [4.69, 9.17) is 4.74 Å². The molecule has 0 radical (unpaired) electrons. The Morgan fingerprint density at radius 1 is 1.26 bits per heavy atom. The summed E-state index contributed by atoms with van der Waals surface area (Å²) < 4.78 is 55.9. The van der Waals surface area contributed by atoms with Crippen LogP contribution in [0.2, 0.25) is 0 Å². The van der Waals surface area contributed by atoms with Crippen LogP contribution in [-0.4, -0.2) is 28.2 Å². The molecule has 4 nitrogen and oxygen atoms in total. The molecule has 0 aliphatic heterocycles. The van der Waals surface area contributed by atoms with E-state index in [1.54, 1.807) is 25.1 Å². The van der Waals surface area contributed by atoms with Gasteiger partial charge in [0.05, 0.1) is 0 Å². The molecule has 23 heavy (non-hydrogen) atoms. The summed E-state index contributed by atoms with van der Waals surface area (Å²) in [6.45, 7) is 0.442. The predicted octanol–water partition coefficient (Wildman–Crippen LogP) is 3.70. The van der Waals surface area contributed by atoms with Crippen LogP contribution >= 0.6 is 0 Å². The van der Waals surface area contributed by atoms with Gasteiger partial charge in [-0.1, -0.05) is 6.07 Å². The third-order valence-electron chi connectivity index (χ3n) is 2.95. The second-order valence-electron chi connectivity index (χ2n) is 4.86. The highest BCUT2D eigenvalue weighted by Crippen LogP contribution is 2.33. The van der Waals surface area contributed by atoms with Crippen LogP contribution in [0.25, 0.3) is 11.1 Å². The van der Waals surface area contributed by atoms with Crippen molar-refractivity contribution in [1.29, 1.82) is 0 Å². The predicted molar refractivity (Wildman–Crippen MR) is 83.6 cm³/mol. The Bertz CT molecular complexity index is 720. The summed E-state index contributed by atoms with van der Waals surface area (Å²) in [5.74, 6) is 0.111. The Morgan fingerprint density at radius 2 is 2.00 bits per heavy atom. The Labute approximate surface area is 134 Å². The smallest absolute Gasteiger partial charge is 0.422 e. The number of ether oxygens (including phenoxy) is 1. The number of anilines is 1. The second kappa shape index (κ2) is 6.99. The van der Waals surface area contributed by atoms with E-state index in [-0.39, 0.29) is 5.75 Å². The number of pyridine rings is 1. The molecule has 0 fully saturated rings. The fourth-order valence-electron chi connectivity index (χ4n) is 2.06. The molecule has 8 heteroatoms. The lowest BCUT2D eigenvalue weighted by Crippen LogP contribution is -2.19. The van der Waals surface area contributed by atoms with Crippen LogP contribution in [0.15, 0.2) is 36.7 Å². The highest BCUT2D eigenvalue weighted by atomic mass is 32.2. The summed E-state index contributed by atoms with van der Waals surface area (Å²) in [5, 5.41) is 0. The quantitative estimate of drug-likeness (QED) is 0.900. The van der Waals surface area contributed by atoms with Crippen molar-refractivity contribution < 1.29 is 22.1 Å². The summed E-state index contributed by atoms with van der Waals surface area (Å²) in [4.78, 5) is 3.95. The largest absolute Gasteiger partial charge is 0.483 e. The first-order chi connectivity index (χ1) is 10.8. The molecule has 0 saturated carbocycles. The molecule has 0 bridgehead atoms. The molecule has 1 aromatic carbocycles. The number of nitrogens with zero attached hydrogens (tertiary/aromatic N) is 1. The van der Waals surface area contributed by atoms with Gasteiger partial charge in [0.25, 0.3) is 0 Å². The Hall–Kier alpha value is -2.09. The zero-order valence-electron chi connectivity index (χ0n) is 12.5. The van der Waals surface area contributed by atoms with Crippen LogP contribution in [0.1, 0.15) is 5.56 Å². The first-order valence-electron chi connectivity index (χ1n) is 6.61. The van der Waals surface area contributed by atoms with Gasteiger partial charge in [0.1, 0.15) is 16.7 Å². The number of aryl methyl sites for hydroxylation is 1. The number of halogens is 3. The number of benzene rings is 1. The maximum absolute atomic E-state index is 12.4. The zero-order chi connectivity index (χ0) is 17.0. The van der Waals surface area contributed by atoms with Gasteiger partial charge in [-0.25, -0.2) is 4.21 Å². The van der Waals surface area contributed by atoms with Crippen molar-refractivity contribution in [2.75, 3.05) is 17.6 Å². The van der Waals surface area contributed by atoms with Gasteiger partial charge >= 0.3 is 6.18 Å². The molecule has 1 unspecified atom stereocenters. The highest BCUT2D eigenvalue weighted by Gasteiger charge is 2.29. The molecule has 0 aliphatic carbocycles. The maximum Gasteiger partial charge on any atom is 0.422 e. The summed E-state index contributed by atoms with van der Waals surface area (Å²) in [6, 6.07) is 6.58. The molecule has 0 spiro atoms. The molecule has 1 heterocycles. The first-order valence-corrected chi connectivity index (χ1v) is 8.17. The van der Waals surface area contributed by atoms with Gasteiger partial charge in [0, 0.05) is 29.9 Å². The van der Waals surface area contributed by atoms with Crippen molar-refractivity contribution >= 4 is 16.7 Å². The van der Waals surface area contributed by atoms with Crippen LogP contribution in [0, 0.1) is 6.92 Å². The van der Waals surface area contributed by atoms with Gasteiger partial charge in [-0.05, 0) is 36.2 Å². The molecule has 2 rings (SSSR count). The van der Waals surface area contributed by atoms with Crippen molar-refractivity contribution in [2.24, 2.45) is 0 Å². The summed E-state index contributed by atoms with van der Waals surface area (Å²) >= 11 is 0. The van der Waals surface area contributed by atoms with Crippen LogP contribution in [0.4, 0.5) is 18.9 Å². The van der Waals surface area contributed by atoms with E-state index in [0.717, 1.165) is 5.56 Å². The SMILES string of the molecule is Cc1cc(NS(C)=O)ccc1-c1cnccc1OCC(F)(F)F. The minimum atomic E-state index is -4.41. The van der Waals surface area contributed by atoms with Crippen molar-refractivity contribution in [3.05, 3.63) is 42.2 Å². The summed E-state index contributed by atoms with van der Waals surface area (Å²) in [7, 11) is -1.21. The first kappa shape index (κ1) is 17.3. The van der Waals surface area contributed by atoms with Gasteiger partial charge in [-0.3, -0.25) is 4.98 Å². The van der Waals surface area contributed by atoms with Crippen LogP contribution < -0.4 is 9.46 Å². The normalized spacial score (nSPS) is 12.7. The number of hydrogen-bond donors (Lipinski definition) is 1. The van der Waals surface area contributed by atoms with Gasteiger partial charge in [-0.2, -0.15) is 13.2 Å². The average Bonchev–Trinajstić information content (AvgIpc) is 2.44. The molecule has 0 amide bonds. The van der Waals surface area contributed by atoms with E-state index < -0.39 is 23.8 Å². The van der Waals surface area contributed by atoms with Crippen molar-refractivity contribution in [1.82, 2.24) is 4.98 Å². The van der Waals surface area contributed by atoms with E-state index in [0.29, 0.717) is 16.8 Å². The number of rotatable bonds is 5. The number of aromatic nitrogens is 1. The lowest BCUT2D eigenvalue weighted by atomic mass is 10.0. The third-order valence-corrected chi connectivity index (χ3v) is 3.47. The van der Waals surface area contributed by atoms with Gasteiger partial charge in [0.15, 0.2) is 6.61 Å². The molecular weight excluding hydrogens is 329 g/mol. The second-order valence-corrected chi connectivity index (χ2v) is 5.97. The van der Waals surface area contributed by atoms with Crippen molar-refractivity contribution in [3.8, 4) is 16.9 Å². The minimum absolute atomic E-state index is 0.111. The van der Waals surface area contributed by atoms with Crippen LogP contribution in [-0.2, 0) is 11.0 Å². The standard InChI is InChI=1S/C15H15F3N2O2S/c1-10-7-11(20-23(2)21)3-4-12(10)13-8-19-6-5-14(13)22-9-15(16,17)18/h3-8,20H,9H2,1-2H3. The van der Waals surface area contributed by atoms with E-state index >= 15 is 0 Å². The van der Waals surface area contributed by atoms with E-state index in [9.17, 15) is 17.4 Å². The van der Waals surface area contributed by atoms with E-state index in [1.807, 2.05) is 0 Å². The molecule has 1 aromatic heterocycles. The molecule has 2 aromatic rings. The molecule has 0 saturated heterocycles. The van der Waals surface area contributed by atoms with Gasteiger partial charge in [-0.15, -0.1) is 0 Å². The zero-order valence-corrected chi connectivity index (χ0v) is 13.3. The van der Waals surface area contributed by atoms with Crippen molar-refractivity contribution in [2.45, 2.75) is 13.1 Å². The number of nitrogens with one attached hydrogen (secondary N) is 1. The Balaban J connectivity index is 2.33. The van der Waals surface area contributed by atoms with Crippen molar-refractivity contribution in [3.63, 3.8) is 0 Å². The molecule has 1 N–H and O–H groups in total. The average molecular weight is 344 g/mol. The third kappa shape index (κ3) is 4.95. The number of hydrogen-bond acceptors (Lipinski definition) is 3. The van der Waals surface area contributed by atoms with Crippen LogP contribution in [0.3, 0.4) is 0 Å². The molecule has 124 valence electrons. The lowest BCUT2D eigenvalue weighted by molar-refractivity contribution is -0.153. The van der Waals surface area contributed by atoms with Gasteiger partial charge < -0.3 is 9.46 Å². The fraction of sp³-hybridized carbons (Fsp3) is 0.267.